The van der Waals surface area contributed by atoms with Gasteiger partial charge in [0.05, 0.1) is 0 Å². The van der Waals surface area contributed by atoms with Crippen LogP contribution in [0.3, 0.4) is 0 Å². The number of rotatable bonds is 9. The molecule has 2 heterocycles. The summed E-state index contributed by atoms with van der Waals surface area (Å²) in [6.07, 6.45) is 17.9. The van der Waals surface area contributed by atoms with E-state index in [4.69, 9.17) is 4.98 Å². The van der Waals surface area contributed by atoms with Gasteiger partial charge in [0.25, 0.3) is 0 Å². The number of hydrogen-bond donors (Lipinski definition) is 0. The second kappa shape index (κ2) is 11.0. The van der Waals surface area contributed by atoms with Crippen LogP contribution in [0.4, 0.5) is 10.2 Å². The predicted octanol–water partition coefficient (Wildman–Crippen LogP) is 4.77. The third kappa shape index (κ3) is 5.84. The van der Waals surface area contributed by atoms with E-state index in [1.165, 1.54) is 0 Å². The number of aromatic nitrogens is 2. The first kappa shape index (κ1) is 20.5. The minimum atomic E-state index is -0.513. The van der Waals surface area contributed by atoms with Gasteiger partial charge in [-0.1, -0.05) is 43.0 Å². The molecular weight excluding hydrogens is 339 g/mol. The van der Waals surface area contributed by atoms with Gasteiger partial charge in [-0.25, -0.2) is 14.4 Å². The van der Waals surface area contributed by atoms with Gasteiger partial charge in [-0.05, 0) is 31.9 Å². The molecule has 0 aliphatic carbocycles. The van der Waals surface area contributed by atoms with Crippen molar-refractivity contribution in [1.29, 1.82) is 0 Å². The van der Waals surface area contributed by atoms with Crippen LogP contribution >= 0.6 is 0 Å². The van der Waals surface area contributed by atoms with Crippen LogP contribution in [0.5, 0.6) is 0 Å². The zero-order valence-corrected chi connectivity index (χ0v) is 16.1. The van der Waals surface area contributed by atoms with Gasteiger partial charge in [0, 0.05) is 37.5 Å². The highest BCUT2D eigenvalue weighted by molar-refractivity contribution is 6.06. The molecule has 0 atom stereocenters. The molecule has 1 aliphatic heterocycles. The summed E-state index contributed by atoms with van der Waals surface area (Å²) in [5.41, 5.74) is 2.32. The Kier molecular flexibility index (Phi) is 8.36. The summed E-state index contributed by atoms with van der Waals surface area (Å²) < 4.78 is 13.5. The van der Waals surface area contributed by atoms with Crippen LogP contribution in [0, 0.1) is 0 Å². The van der Waals surface area contributed by atoms with Gasteiger partial charge in [0.15, 0.2) is 5.82 Å². The maximum Gasteiger partial charge on any atom is 0.180 e. The molecule has 0 N–H and O–H groups in total. The first-order valence-electron chi connectivity index (χ1n) is 9.27. The van der Waals surface area contributed by atoms with Crippen molar-refractivity contribution in [1.82, 2.24) is 9.97 Å². The summed E-state index contributed by atoms with van der Waals surface area (Å²) in [5.74, 6) is 1.42. The van der Waals surface area contributed by atoms with Crippen LogP contribution in [0.15, 0.2) is 72.1 Å². The maximum absolute atomic E-state index is 13.5. The lowest BCUT2D eigenvalue weighted by molar-refractivity contribution is 0.536. The number of allylic oxidation sites excluding steroid dienone is 8. The highest BCUT2D eigenvalue weighted by atomic mass is 19.1. The Morgan fingerprint density at radius 1 is 1.26 bits per heavy atom. The molecule has 1 aliphatic rings. The van der Waals surface area contributed by atoms with Crippen molar-refractivity contribution >= 4 is 11.5 Å². The van der Waals surface area contributed by atoms with Crippen molar-refractivity contribution in [3.8, 4) is 0 Å². The number of halogens is 1. The lowest BCUT2D eigenvalue weighted by Gasteiger charge is -2.23. The molecule has 0 aromatic carbocycles. The van der Waals surface area contributed by atoms with E-state index in [2.05, 4.69) is 35.3 Å². The van der Waals surface area contributed by atoms with Crippen LogP contribution in [-0.4, -0.2) is 35.4 Å². The zero-order chi connectivity index (χ0) is 19.5. The standard InChI is InChI=1S/C22H27FN4/c1-4-7-9-12-18(16-23)15-19-17-25-21(20-13-10-8-11-14-24-20)26-22(19)27(5-2)6-3/h4,7,9-14,17H,1,5-6,8,15-16H2,2-3H3/b9-7-,18-12-. The third-order valence-electron chi connectivity index (χ3n) is 4.17. The van der Waals surface area contributed by atoms with Gasteiger partial charge >= 0.3 is 0 Å². The molecule has 1 aromatic heterocycles. The van der Waals surface area contributed by atoms with E-state index >= 15 is 0 Å². The van der Waals surface area contributed by atoms with Crippen molar-refractivity contribution in [3.05, 3.63) is 78.5 Å². The summed E-state index contributed by atoms with van der Waals surface area (Å²) >= 11 is 0. The van der Waals surface area contributed by atoms with Crippen LogP contribution in [0.2, 0.25) is 0 Å². The van der Waals surface area contributed by atoms with E-state index in [1.54, 1.807) is 36.7 Å². The number of aliphatic imine (C=N–C) groups is 1. The van der Waals surface area contributed by atoms with E-state index in [0.29, 0.717) is 17.8 Å². The van der Waals surface area contributed by atoms with Gasteiger partial charge in [-0.3, -0.25) is 4.99 Å². The number of anilines is 1. The second-order valence-corrected chi connectivity index (χ2v) is 6.01. The molecule has 0 saturated carbocycles. The fourth-order valence-electron chi connectivity index (χ4n) is 2.74. The van der Waals surface area contributed by atoms with Crippen LogP contribution in [0.1, 0.15) is 31.7 Å². The average Bonchev–Trinajstić information content (AvgIpc) is 2.98. The Morgan fingerprint density at radius 2 is 2.07 bits per heavy atom. The van der Waals surface area contributed by atoms with Crippen LogP contribution in [0.25, 0.3) is 0 Å². The minimum absolute atomic E-state index is 0.465. The Hall–Kier alpha value is -2.82. The average molecular weight is 366 g/mol. The Bertz CT molecular complexity index is 784. The predicted molar refractivity (Wildman–Crippen MR) is 112 cm³/mol. The molecule has 0 bridgehead atoms. The highest BCUT2D eigenvalue weighted by Gasteiger charge is 2.15. The first-order valence-corrected chi connectivity index (χ1v) is 9.27. The van der Waals surface area contributed by atoms with Crippen molar-refractivity contribution in [3.63, 3.8) is 0 Å². The molecule has 142 valence electrons. The van der Waals surface area contributed by atoms with E-state index in [-0.39, 0.29) is 0 Å². The quantitative estimate of drug-likeness (QED) is 0.591. The molecule has 4 nitrogen and oxygen atoms in total. The van der Waals surface area contributed by atoms with Crippen molar-refractivity contribution < 1.29 is 4.39 Å². The van der Waals surface area contributed by atoms with Gasteiger partial charge in [-0.2, -0.15) is 0 Å². The first-order chi connectivity index (χ1) is 13.2. The molecule has 0 spiro atoms. The molecular formula is C22H27FN4. The summed E-state index contributed by atoms with van der Waals surface area (Å²) in [6.45, 7) is 8.91. The van der Waals surface area contributed by atoms with Gasteiger partial charge in [0.2, 0.25) is 0 Å². The highest BCUT2D eigenvalue weighted by Crippen LogP contribution is 2.21. The lowest BCUT2D eigenvalue weighted by Crippen LogP contribution is -2.26. The fraction of sp³-hybridized carbons (Fsp3) is 0.318. The van der Waals surface area contributed by atoms with E-state index in [0.717, 1.165) is 36.6 Å². The smallest absolute Gasteiger partial charge is 0.180 e. The number of nitrogens with zero attached hydrogens (tertiary/aromatic N) is 4. The zero-order valence-electron chi connectivity index (χ0n) is 16.1. The van der Waals surface area contributed by atoms with E-state index in [9.17, 15) is 4.39 Å². The molecule has 0 radical (unpaired) electrons. The maximum atomic E-state index is 13.5. The van der Waals surface area contributed by atoms with Crippen LogP contribution < -0.4 is 4.90 Å². The minimum Gasteiger partial charge on any atom is -0.357 e. The Labute approximate surface area is 161 Å². The molecule has 0 unspecified atom stereocenters. The summed E-state index contributed by atoms with van der Waals surface area (Å²) in [7, 11) is 0. The summed E-state index contributed by atoms with van der Waals surface area (Å²) in [6, 6.07) is 0. The van der Waals surface area contributed by atoms with E-state index in [1.807, 2.05) is 18.2 Å². The lowest BCUT2D eigenvalue weighted by atomic mass is 10.1. The second-order valence-electron chi connectivity index (χ2n) is 6.01. The van der Waals surface area contributed by atoms with Gasteiger partial charge in [0.1, 0.15) is 18.2 Å². The van der Waals surface area contributed by atoms with Crippen molar-refractivity contribution in [2.24, 2.45) is 4.99 Å². The number of alkyl halides is 1. The molecule has 2 rings (SSSR count). The van der Waals surface area contributed by atoms with E-state index < -0.39 is 6.67 Å². The summed E-state index contributed by atoms with van der Waals surface area (Å²) in [5, 5.41) is 0. The largest absolute Gasteiger partial charge is 0.357 e. The molecule has 27 heavy (non-hydrogen) atoms. The molecule has 0 amide bonds. The normalized spacial score (nSPS) is 14.3. The molecule has 0 saturated heterocycles. The SMILES string of the molecule is C=C/C=C\C=C(/CF)Cc1cnc(C2=NC=CCC=C2)nc1N(CC)CC. The van der Waals surface area contributed by atoms with Gasteiger partial charge < -0.3 is 4.90 Å². The van der Waals surface area contributed by atoms with Crippen molar-refractivity contribution in [2.75, 3.05) is 24.7 Å². The Balaban J connectivity index is 2.42. The third-order valence-corrected chi connectivity index (χ3v) is 4.17. The van der Waals surface area contributed by atoms with Crippen LogP contribution in [-0.2, 0) is 6.42 Å². The molecule has 0 fully saturated rings. The topological polar surface area (TPSA) is 41.4 Å². The molecule has 1 aromatic rings. The monoisotopic (exact) mass is 366 g/mol. The molecule has 5 heteroatoms. The fourth-order valence-corrected chi connectivity index (χ4v) is 2.74. The summed E-state index contributed by atoms with van der Waals surface area (Å²) in [4.78, 5) is 15.9. The number of hydrogen-bond acceptors (Lipinski definition) is 4. The Morgan fingerprint density at radius 3 is 2.78 bits per heavy atom. The van der Waals surface area contributed by atoms with Gasteiger partial charge in [-0.15, -0.1) is 0 Å². The van der Waals surface area contributed by atoms with Crippen molar-refractivity contribution in [2.45, 2.75) is 26.7 Å².